The number of fused-ring (bicyclic) bond motifs is 2. The molecule has 8 aromatic rings. The van der Waals surface area contributed by atoms with E-state index in [1.165, 1.54) is 30.6 Å². The van der Waals surface area contributed by atoms with Gasteiger partial charge >= 0.3 is 17.9 Å². The number of aryl methyl sites for hydroxylation is 1. The molecule has 14 nitrogen and oxygen atoms in total. The molecule has 66 heavy (non-hydrogen) atoms. The van der Waals surface area contributed by atoms with Gasteiger partial charge in [-0.15, -0.1) is 0 Å². The summed E-state index contributed by atoms with van der Waals surface area (Å²) in [6, 6.07) is 33.8. The summed E-state index contributed by atoms with van der Waals surface area (Å²) in [6.45, 7) is 0.835. The molecule has 0 bridgehead atoms. The fourth-order valence-electron chi connectivity index (χ4n) is 5.18. The number of carbonyl (C=O) groups excluding carboxylic acids is 3. The number of nitrogens with zero attached hydrogens (tertiary/aromatic N) is 5. The molecule has 3 aromatic heterocycles. The van der Waals surface area contributed by atoms with E-state index >= 15 is 0 Å². The Morgan fingerprint density at radius 1 is 0.455 bits per heavy atom. The topological polar surface area (TPSA) is 171 Å². The molecule has 0 spiro atoms. The molecule has 0 radical (unpaired) electrons. The number of para-hydroxylation sites is 4. The first kappa shape index (κ1) is 48.9. The average molecular weight is 1010 g/mol. The average Bonchev–Trinajstić information content (AvgIpc) is 3.29. The van der Waals surface area contributed by atoms with Crippen molar-refractivity contribution >= 4 is 110 Å². The van der Waals surface area contributed by atoms with Crippen LogP contribution in [0.4, 0.5) is 0 Å². The van der Waals surface area contributed by atoms with Crippen LogP contribution in [0.25, 0.3) is 22.1 Å². The van der Waals surface area contributed by atoms with Crippen molar-refractivity contribution in [1.82, 2.24) is 24.9 Å². The Morgan fingerprint density at radius 2 is 0.879 bits per heavy atom. The number of esters is 3. The van der Waals surface area contributed by atoms with Gasteiger partial charge in [0, 0.05) is 27.3 Å². The zero-order valence-corrected chi connectivity index (χ0v) is 38.5. The lowest BCUT2D eigenvalue weighted by Gasteiger charge is -2.09. The van der Waals surface area contributed by atoms with Crippen molar-refractivity contribution < 1.29 is 42.8 Å². The monoisotopic (exact) mass is 1010 g/mol. The Morgan fingerprint density at radius 3 is 1.35 bits per heavy atom. The molecule has 8 rings (SSSR count). The van der Waals surface area contributed by atoms with Crippen molar-refractivity contribution in [2.75, 3.05) is 19.8 Å². The van der Waals surface area contributed by atoms with Gasteiger partial charge in [-0.2, -0.15) is 0 Å². The Labute approximate surface area is 406 Å². The van der Waals surface area contributed by atoms with Crippen LogP contribution >= 0.6 is 69.6 Å². The van der Waals surface area contributed by atoms with Crippen molar-refractivity contribution in [2.24, 2.45) is 0 Å². The molecule has 0 amide bonds. The minimum atomic E-state index is -0.611. The summed E-state index contributed by atoms with van der Waals surface area (Å²) < 4.78 is 31.2. The van der Waals surface area contributed by atoms with Crippen molar-refractivity contribution in [2.45, 2.75) is 6.92 Å². The van der Waals surface area contributed by atoms with Gasteiger partial charge in [0.05, 0.1) is 43.3 Å². The molecule has 3 heterocycles. The highest BCUT2D eigenvalue weighted by atomic mass is 35.5. The second-order valence-electron chi connectivity index (χ2n) is 13.0. The molecule has 0 unspecified atom stereocenters. The second-order valence-corrected chi connectivity index (χ2v) is 15.5. The van der Waals surface area contributed by atoms with Gasteiger partial charge < -0.3 is 28.4 Å². The quantitative estimate of drug-likeness (QED) is 0.106. The maximum absolute atomic E-state index is 12.0. The molecule has 0 N–H and O–H groups in total. The first-order valence-corrected chi connectivity index (χ1v) is 21.3. The van der Waals surface area contributed by atoms with E-state index in [9.17, 15) is 14.4 Å². The van der Waals surface area contributed by atoms with Crippen LogP contribution in [0, 0.1) is 6.92 Å². The van der Waals surface area contributed by atoms with E-state index in [2.05, 4.69) is 24.9 Å². The smallest absolute Gasteiger partial charge is 0.350 e. The van der Waals surface area contributed by atoms with E-state index in [-0.39, 0.29) is 37.5 Å². The van der Waals surface area contributed by atoms with Gasteiger partial charge in [-0.25, -0.2) is 39.3 Å². The van der Waals surface area contributed by atoms with E-state index in [0.29, 0.717) is 64.1 Å². The lowest BCUT2D eigenvalue weighted by Crippen LogP contribution is -2.19. The van der Waals surface area contributed by atoms with Gasteiger partial charge in [0.25, 0.3) is 0 Å². The molecule has 0 fully saturated rings. The molecule has 0 aliphatic rings. The number of halogens is 6. The van der Waals surface area contributed by atoms with Gasteiger partial charge in [0.1, 0.15) is 22.9 Å². The molecule has 0 aliphatic carbocycles. The Balaban J connectivity index is 0.000000165. The third-order valence-corrected chi connectivity index (χ3v) is 9.72. The van der Waals surface area contributed by atoms with E-state index in [1.807, 2.05) is 36.4 Å². The van der Waals surface area contributed by atoms with Gasteiger partial charge in [0.15, 0.2) is 19.8 Å². The number of hydrogen-bond donors (Lipinski definition) is 0. The fraction of sp³-hybridized carbons (Fsp3) is 0.0870. The summed E-state index contributed by atoms with van der Waals surface area (Å²) in [5, 5.41) is 2.42. The van der Waals surface area contributed by atoms with E-state index in [4.69, 9.17) is 98.0 Å². The molecule has 5 aromatic carbocycles. The molecule has 0 atom stereocenters. The van der Waals surface area contributed by atoms with Gasteiger partial charge in [-0.1, -0.05) is 99.9 Å². The zero-order chi connectivity index (χ0) is 47.0. The van der Waals surface area contributed by atoms with Crippen LogP contribution < -0.4 is 28.4 Å². The van der Waals surface area contributed by atoms with Gasteiger partial charge in [-0.3, -0.25) is 0 Å². The number of aromatic nitrogens is 5. The van der Waals surface area contributed by atoms with Crippen LogP contribution in [-0.4, -0.2) is 62.6 Å². The number of pyridine rings is 1. The van der Waals surface area contributed by atoms with Crippen LogP contribution in [0.15, 0.2) is 134 Å². The number of hydrogen-bond acceptors (Lipinski definition) is 14. The summed E-state index contributed by atoms with van der Waals surface area (Å²) in [7, 11) is 0. The van der Waals surface area contributed by atoms with Crippen molar-refractivity contribution in [3.63, 3.8) is 0 Å². The SMILES string of the molecule is Cc1nc2ccccc2nc1OC(=O)COc1ccc(Cl)cc1Cl.O=C(COc1ccc(Cl)cc1Cl)Oc1ccccn1.O=C(COc1ccc(Cl)cc1Cl)Oc1cnc2ccccc2n1. The first-order valence-electron chi connectivity index (χ1n) is 19.0. The predicted octanol–water partition coefficient (Wildman–Crippen LogP) is 11.5. The number of ether oxygens (including phenoxy) is 6. The highest BCUT2D eigenvalue weighted by Crippen LogP contribution is 2.30. The molecule has 0 saturated heterocycles. The zero-order valence-electron chi connectivity index (χ0n) is 34.0. The Bertz CT molecular complexity index is 2990. The van der Waals surface area contributed by atoms with Crippen LogP contribution in [0.3, 0.4) is 0 Å². The second kappa shape index (κ2) is 24.1. The largest absolute Gasteiger partial charge is 0.480 e. The summed E-state index contributed by atoms with van der Waals surface area (Å²) in [6.07, 6.45) is 2.91. The predicted molar refractivity (Wildman–Crippen MR) is 251 cm³/mol. The first-order chi connectivity index (χ1) is 31.8. The molecular weight excluding hydrogens is 979 g/mol. The highest BCUT2D eigenvalue weighted by Gasteiger charge is 2.14. The molecule has 20 heteroatoms. The number of carbonyl (C=O) groups is 3. The van der Waals surface area contributed by atoms with Crippen molar-refractivity contribution in [3.8, 4) is 34.9 Å². The number of benzene rings is 5. The maximum atomic E-state index is 12.0. The summed E-state index contributed by atoms with van der Waals surface area (Å²) in [5.41, 5.74) is 3.26. The molecule has 336 valence electrons. The lowest BCUT2D eigenvalue weighted by atomic mass is 10.3. The van der Waals surface area contributed by atoms with Gasteiger partial charge in [-0.05, 0) is 91.9 Å². The minimum absolute atomic E-state index is 0.111. The van der Waals surface area contributed by atoms with Gasteiger partial charge in [0.2, 0.25) is 17.6 Å². The molecule has 0 aliphatic heterocycles. The number of rotatable bonds is 12. The van der Waals surface area contributed by atoms with Crippen LogP contribution in [0.5, 0.6) is 34.9 Å². The van der Waals surface area contributed by atoms with E-state index in [0.717, 1.165) is 11.0 Å². The van der Waals surface area contributed by atoms with Crippen LogP contribution in [0.1, 0.15) is 5.69 Å². The normalized spacial score (nSPS) is 10.4. The third-order valence-electron chi connectivity index (χ3n) is 8.13. The molecular formula is C46H31Cl6N5O9. The van der Waals surface area contributed by atoms with E-state index < -0.39 is 17.9 Å². The summed E-state index contributed by atoms with van der Waals surface area (Å²) in [4.78, 5) is 56.2. The third kappa shape index (κ3) is 15.0. The fourth-order valence-corrected chi connectivity index (χ4v) is 6.57. The minimum Gasteiger partial charge on any atom is -0.480 e. The van der Waals surface area contributed by atoms with E-state index in [1.54, 1.807) is 73.7 Å². The lowest BCUT2D eigenvalue weighted by molar-refractivity contribution is -0.137. The highest BCUT2D eigenvalue weighted by molar-refractivity contribution is 6.36. The Kier molecular flexibility index (Phi) is 17.9. The van der Waals surface area contributed by atoms with Crippen LogP contribution in [0.2, 0.25) is 30.1 Å². The standard InChI is InChI=1S/C17H12Cl2N2O3.C16H10Cl2N2O3.C13H9Cl2NO3/c1-10-17(21-14-5-3-2-4-13(14)20-10)24-16(22)9-23-15-7-6-11(18)8-12(15)19;17-10-5-6-14(11(18)7-10)22-9-16(21)23-15-8-19-12-3-1-2-4-13(12)20-15;14-9-4-5-11(10(15)7-9)18-8-13(17)19-12-3-1-2-6-16-12/h2-8H,9H2,1H3;1-8H,9H2;1-7H,8H2. The van der Waals surface area contributed by atoms with Crippen molar-refractivity contribution in [3.05, 3.63) is 170 Å². The van der Waals surface area contributed by atoms with Crippen molar-refractivity contribution in [1.29, 1.82) is 0 Å². The maximum Gasteiger partial charge on any atom is 0.350 e. The summed E-state index contributed by atoms with van der Waals surface area (Å²) >= 11 is 35.2. The Hall–Kier alpha value is -6.52. The van der Waals surface area contributed by atoms with Crippen LogP contribution in [-0.2, 0) is 14.4 Å². The molecule has 0 saturated carbocycles. The summed E-state index contributed by atoms with van der Waals surface area (Å²) in [5.74, 6) is -0.234.